The molecule has 1 unspecified atom stereocenters. The Kier molecular flexibility index (Phi) is 3.99. The average Bonchev–Trinajstić information content (AvgIpc) is 2.32. The van der Waals surface area contributed by atoms with Crippen molar-refractivity contribution in [3.63, 3.8) is 0 Å². The van der Waals surface area contributed by atoms with Crippen LogP contribution in [0.1, 0.15) is 18.3 Å². The third kappa shape index (κ3) is 3.28. The number of pyridine rings is 1. The van der Waals surface area contributed by atoms with E-state index in [1.807, 2.05) is 25.1 Å². The normalized spacial score (nSPS) is 24.0. The van der Waals surface area contributed by atoms with Gasteiger partial charge in [-0.1, -0.05) is 6.07 Å². The van der Waals surface area contributed by atoms with Crippen LogP contribution in [0.3, 0.4) is 0 Å². The lowest BCUT2D eigenvalue weighted by atomic mass is 10.2. The Morgan fingerprint density at radius 1 is 1.44 bits per heavy atom. The molecule has 2 N–H and O–H groups in total. The minimum atomic E-state index is -2.85. The van der Waals surface area contributed by atoms with Gasteiger partial charge >= 0.3 is 0 Å². The number of nitrogens with two attached hydrogens (primary N) is 1. The summed E-state index contributed by atoms with van der Waals surface area (Å²) in [5.41, 5.74) is 7.37. The van der Waals surface area contributed by atoms with E-state index < -0.39 is 9.84 Å². The lowest BCUT2D eigenvalue weighted by Gasteiger charge is -2.32. The first-order valence-corrected chi connectivity index (χ1v) is 7.91. The van der Waals surface area contributed by atoms with Crippen LogP contribution in [0.2, 0.25) is 0 Å². The molecule has 1 atom stereocenters. The lowest BCUT2D eigenvalue weighted by Crippen LogP contribution is -2.46. The van der Waals surface area contributed by atoms with E-state index in [-0.39, 0.29) is 17.5 Å². The number of hydrogen-bond donors (Lipinski definition) is 1. The van der Waals surface area contributed by atoms with E-state index in [2.05, 4.69) is 9.88 Å². The first-order valence-electron chi connectivity index (χ1n) is 6.09. The summed E-state index contributed by atoms with van der Waals surface area (Å²) in [5.74, 6) is 0.484. The van der Waals surface area contributed by atoms with E-state index in [0.717, 1.165) is 11.4 Å². The summed E-state index contributed by atoms with van der Waals surface area (Å²) in [7, 11) is -2.85. The quantitative estimate of drug-likeness (QED) is 0.846. The molecule has 100 valence electrons. The minimum absolute atomic E-state index is 0.0482. The molecule has 0 bridgehead atoms. The topological polar surface area (TPSA) is 76.3 Å². The van der Waals surface area contributed by atoms with E-state index in [9.17, 15) is 8.42 Å². The van der Waals surface area contributed by atoms with Gasteiger partial charge in [0.1, 0.15) is 0 Å². The monoisotopic (exact) mass is 269 g/mol. The summed E-state index contributed by atoms with van der Waals surface area (Å²) in [6, 6.07) is 5.84. The van der Waals surface area contributed by atoms with Crippen molar-refractivity contribution in [2.75, 3.05) is 18.1 Å². The second-order valence-corrected chi connectivity index (χ2v) is 6.99. The highest BCUT2D eigenvalue weighted by atomic mass is 32.2. The van der Waals surface area contributed by atoms with Crippen molar-refractivity contribution in [1.82, 2.24) is 9.88 Å². The van der Waals surface area contributed by atoms with Gasteiger partial charge in [-0.3, -0.25) is 9.88 Å². The fraction of sp³-hybridized carbons (Fsp3) is 0.583. The van der Waals surface area contributed by atoms with Crippen molar-refractivity contribution < 1.29 is 8.42 Å². The van der Waals surface area contributed by atoms with E-state index in [1.54, 1.807) is 0 Å². The Labute approximate surface area is 108 Å². The van der Waals surface area contributed by atoms with Crippen LogP contribution in [0.25, 0.3) is 0 Å². The summed E-state index contributed by atoms with van der Waals surface area (Å²) < 4.78 is 23.0. The fourth-order valence-corrected chi connectivity index (χ4v) is 3.83. The highest BCUT2D eigenvalue weighted by molar-refractivity contribution is 7.91. The molecule has 1 aromatic heterocycles. The molecular formula is C12H19N3O2S. The Morgan fingerprint density at radius 3 is 2.83 bits per heavy atom. The van der Waals surface area contributed by atoms with Gasteiger partial charge in [-0.15, -0.1) is 0 Å². The Morgan fingerprint density at radius 2 is 2.17 bits per heavy atom. The van der Waals surface area contributed by atoms with Crippen LogP contribution in [-0.4, -0.2) is 42.4 Å². The maximum atomic E-state index is 11.5. The largest absolute Gasteiger partial charge is 0.325 e. The van der Waals surface area contributed by atoms with Gasteiger partial charge in [0.25, 0.3) is 0 Å². The summed E-state index contributed by atoms with van der Waals surface area (Å²) in [6.07, 6.45) is 0. The van der Waals surface area contributed by atoms with Crippen LogP contribution in [0.15, 0.2) is 18.2 Å². The number of aromatic nitrogens is 1. The predicted molar refractivity (Wildman–Crippen MR) is 70.7 cm³/mol. The zero-order valence-corrected chi connectivity index (χ0v) is 11.4. The average molecular weight is 269 g/mol. The van der Waals surface area contributed by atoms with Gasteiger partial charge in [-0.05, 0) is 19.1 Å². The van der Waals surface area contributed by atoms with Gasteiger partial charge in [0.2, 0.25) is 0 Å². The molecule has 1 aliphatic rings. The molecule has 1 aromatic rings. The van der Waals surface area contributed by atoms with Crippen LogP contribution >= 0.6 is 0 Å². The summed E-state index contributed by atoms with van der Waals surface area (Å²) in [5, 5.41) is 0. The zero-order valence-electron chi connectivity index (χ0n) is 10.5. The number of hydrogen-bond acceptors (Lipinski definition) is 5. The molecule has 5 nitrogen and oxygen atoms in total. The van der Waals surface area contributed by atoms with E-state index >= 15 is 0 Å². The summed E-state index contributed by atoms with van der Waals surface area (Å²) in [6.45, 7) is 3.64. The first-order chi connectivity index (χ1) is 8.50. The number of nitrogens with zero attached hydrogens (tertiary/aromatic N) is 2. The molecule has 0 amide bonds. The fourth-order valence-electron chi connectivity index (χ4n) is 2.21. The molecule has 0 aromatic carbocycles. The minimum Gasteiger partial charge on any atom is -0.325 e. The van der Waals surface area contributed by atoms with Crippen molar-refractivity contribution in [3.05, 3.63) is 29.6 Å². The molecule has 2 heterocycles. The summed E-state index contributed by atoms with van der Waals surface area (Å²) in [4.78, 5) is 6.60. The standard InChI is InChI=1S/C12H19N3O2S/c1-10-9-18(16,17)6-5-15(10)8-12-4-2-3-11(7-13)14-12/h2-4,10H,5-9,13H2,1H3. The van der Waals surface area contributed by atoms with Gasteiger partial charge in [-0.2, -0.15) is 0 Å². The van der Waals surface area contributed by atoms with Crippen LogP contribution in [0.4, 0.5) is 0 Å². The second kappa shape index (κ2) is 5.34. The summed E-state index contributed by atoms with van der Waals surface area (Å²) >= 11 is 0. The Bertz CT molecular complexity index is 516. The molecule has 2 rings (SSSR count). The molecule has 0 spiro atoms. The van der Waals surface area contributed by atoms with Crippen LogP contribution in [0.5, 0.6) is 0 Å². The van der Waals surface area contributed by atoms with Crippen molar-refractivity contribution >= 4 is 9.84 Å². The van der Waals surface area contributed by atoms with Crippen molar-refractivity contribution in [1.29, 1.82) is 0 Å². The number of sulfone groups is 1. The smallest absolute Gasteiger partial charge is 0.153 e. The van der Waals surface area contributed by atoms with Gasteiger partial charge in [0, 0.05) is 25.7 Å². The van der Waals surface area contributed by atoms with Crippen molar-refractivity contribution in [2.24, 2.45) is 5.73 Å². The molecule has 18 heavy (non-hydrogen) atoms. The van der Waals surface area contributed by atoms with Gasteiger partial charge in [0.15, 0.2) is 9.84 Å². The van der Waals surface area contributed by atoms with Gasteiger partial charge in [0.05, 0.1) is 22.9 Å². The Balaban J connectivity index is 2.05. The van der Waals surface area contributed by atoms with E-state index in [0.29, 0.717) is 19.6 Å². The van der Waals surface area contributed by atoms with Crippen LogP contribution in [-0.2, 0) is 22.9 Å². The van der Waals surface area contributed by atoms with Gasteiger partial charge in [-0.25, -0.2) is 8.42 Å². The van der Waals surface area contributed by atoms with E-state index in [1.165, 1.54) is 0 Å². The lowest BCUT2D eigenvalue weighted by molar-refractivity contribution is 0.215. The third-order valence-corrected chi connectivity index (χ3v) is 5.04. The zero-order chi connectivity index (χ0) is 13.2. The molecule has 1 saturated heterocycles. The molecule has 1 fully saturated rings. The maximum Gasteiger partial charge on any atom is 0.153 e. The number of rotatable bonds is 3. The maximum absolute atomic E-state index is 11.5. The molecule has 0 aliphatic carbocycles. The highest BCUT2D eigenvalue weighted by Crippen LogP contribution is 2.14. The second-order valence-electron chi connectivity index (χ2n) is 4.76. The van der Waals surface area contributed by atoms with E-state index in [4.69, 9.17) is 5.73 Å². The highest BCUT2D eigenvalue weighted by Gasteiger charge is 2.28. The molecule has 0 saturated carbocycles. The van der Waals surface area contributed by atoms with Crippen molar-refractivity contribution in [2.45, 2.75) is 26.1 Å². The van der Waals surface area contributed by atoms with Crippen molar-refractivity contribution in [3.8, 4) is 0 Å². The predicted octanol–water partition coefficient (Wildman–Crippen LogP) is 0.159. The van der Waals surface area contributed by atoms with Crippen LogP contribution in [0, 0.1) is 0 Å². The molecular weight excluding hydrogens is 250 g/mol. The first kappa shape index (κ1) is 13.5. The van der Waals surface area contributed by atoms with Gasteiger partial charge < -0.3 is 5.73 Å². The van der Waals surface area contributed by atoms with Crippen LogP contribution < -0.4 is 5.73 Å². The Hall–Kier alpha value is -0.980. The SMILES string of the molecule is CC1CS(=O)(=O)CCN1Cc1cccc(CN)n1. The molecule has 0 radical (unpaired) electrons. The third-order valence-electron chi connectivity index (χ3n) is 3.25. The molecule has 6 heteroatoms. The molecule has 1 aliphatic heterocycles.